The Labute approximate surface area is 188 Å². The lowest BCUT2D eigenvalue weighted by Gasteiger charge is -2.38. The van der Waals surface area contributed by atoms with E-state index in [4.69, 9.17) is 0 Å². The third-order valence-electron chi connectivity index (χ3n) is 5.25. The first-order valence-corrected chi connectivity index (χ1v) is 11.0. The van der Waals surface area contributed by atoms with Crippen molar-refractivity contribution in [3.63, 3.8) is 0 Å². The van der Waals surface area contributed by atoms with Crippen LogP contribution in [0.15, 0.2) is 118 Å². The lowest BCUT2D eigenvalue weighted by molar-refractivity contribution is 0.0625. The molecule has 1 nitrogen and oxygen atoms in total. The van der Waals surface area contributed by atoms with Crippen LogP contribution in [-0.4, -0.2) is 5.11 Å². The molecular weight excluding hydrogens is 488 g/mol. The Hall–Kier alpha value is -2.20. The summed E-state index contributed by atoms with van der Waals surface area (Å²) in [4.78, 5) is 0. The van der Waals surface area contributed by atoms with Gasteiger partial charge >= 0.3 is 0 Å². The Kier molecular flexibility index (Phi) is 6.00. The van der Waals surface area contributed by atoms with Gasteiger partial charge in [0.05, 0.1) is 0 Å². The first-order chi connectivity index (χ1) is 14.1. The molecular formula is C26H20Br2O. The minimum atomic E-state index is -1.25. The van der Waals surface area contributed by atoms with Gasteiger partial charge in [-0.05, 0) is 46.5 Å². The van der Waals surface area contributed by atoms with Gasteiger partial charge in [-0.2, -0.15) is 0 Å². The molecule has 0 bridgehead atoms. The highest BCUT2D eigenvalue weighted by Crippen LogP contribution is 2.46. The summed E-state index contributed by atoms with van der Waals surface area (Å²) in [7, 11) is 0. The number of rotatable bonds is 5. The summed E-state index contributed by atoms with van der Waals surface area (Å²) in [6, 6.07) is 36.3. The van der Waals surface area contributed by atoms with Crippen molar-refractivity contribution in [3.8, 4) is 0 Å². The lowest BCUT2D eigenvalue weighted by Crippen LogP contribution is -2.35. The van der Waals surface area contributed by atoms with E-state index in [-0.39, 0.29) is 5.92 Å². The smallest absolute Gasteiger partial charge is 0.125 e. The molecule has 0 aliphatic rings. The lowest BCUT2D eigenvalue weighted by atomic mass is 9.70. The maximum atomic E-state index is 12.5. The maximum absolute atomic E-state index is 12.5. The van der Waals surface area contributed by atoms with E-state index in [1.54, 1.807) is 0 Å². The molecule has 0 fully saturated rings. The zero-order valence-corrected chi connectivity index (χ0v) is 18.8. The van der Waals surface area contributed by atoms with Crippen molar-refractivity contribution >= 4 is 31.9 Å². The third-order valence-corrected chi connectivity index (χ3v) is 6.31. The van der Waals surface area contributed by atoms with E-state index < -0.39 is 5.60 Å². The molecule has 0 saturated heterocycles. The van der Waals surface area contributed by atoms with Crippen LogP contribution in [0.5, 0.6) is 0 Å². The molecule has 0 spiro atoms. The molecule has 0 amide bonds. The summed E-state index contributed by atoms with van der Waals surface area (Å²) in [5.74, 6) is -0.271. The average molecular weight is 508 g/mol. The fourth-order valence-corrected chi connectivity index (χ4v) is 4.40. The van der Waals surface area contributed by atoms with Crippen LogP contribution in [0.3, 0.4) is 0 Å². The number of hydrogen-bond acceptors (Lipinski definition) is 1. The molecule has 144 valence electrons. The van der Waals surface area contributed by atoms with Gasteiger partial charge in [-0.25, -0.2) is 0 Å². The monoisotopic (exact) mass is 506 g/mol. The number of benzene rings is 4. The molecule has 0 aliphatic heterocycles. The molecule has 4 aromatic rings. The highest BCUT2D eigenvalue weighted by Gasteiger charge is 2.42. The van der Waals surface area contributed by atoms with Crippen LogP contribution in [0.2, 0.25) is 0 Å². The molecule has 0 saturated carbocycles. The van der Waals surface area contributed by atoms with Gasteiger partial charge in [0.1, 0.15) is 5.60 Å². The number of hydrogen-bond donors (Lipinski definition) is 1. The van der Waals surface area contributed by atoms with Gasteiger partial charge in [-0.1, -0.05) is 117 Å². The molecule has 29 heavy (non-hydrogen) atoms. The van der Waals surface area contributed by atoms with E-state index in [0.717, 1.165) is 31.2 Å². The molecule has 0 aromatic heterocycles. The van der Waals surface area contributed by atoms with Crippen molar-refractivity contribution in [2.45, 2.75) is 11.5 Å². The van der Waals surface area contributed by atoms with Crippen molar-refractivity contribution in [1.29, 1.82) is 0 Å². The van der Waals surface area contributed by atoms with Crippen molar-refractivity contribution in [3.05, 3.63) is 140 Å². The first-order valence-electron chi connectivity index (χ1n) is 9.43. The quantitative estimate of drug-likeness (QED) is 0.301. The summed E-state index contributed by atoms with van der Waals surface area (Å²) >= 11 is 7.03. The fraction of sp³-hybridized carbons (Fsp3) is 0.0769. The van der Waals surface area contributed by atoms with E-state index in [0.29, 0.717) is 0 Å². The maximum Gasteiger partial charge on any atom is 0.125 e. The van der Waals surface area contributed by atoms with Crippen LogP contribution in [0.1, 0.15) is 28.2 Å². The summed E-state index contributed by atoms with van der Waals surface area (Å²) < 4.78 is 1.96. The van der Waals surface area contributed by atoms with Crippen LogP contribution in [0.4, 0.5) is 0 Å². The van der Waals surface area contributed by atoms with E-state index in [1.807, 2.05) is 84.9 Å². The second-order valence-corrected chi connectivity index (χ2v) is 8.87. The second-order valence-electron chi connectivity index (χ2n) is 7.03. The predicted molar refractivity (Wildman–Crippen MR) is 126 cm³/mol. The molecule has 4 aromatic carbocycles. The van der Waals surface area contributed by atoms with Crippen molar-refractivity contribution in [2.75, 3.05) is 0 Å². The summed E-state index contributed by atoms with van der Waals surface area (Å²) in [6.45, 7) is 0. The van der Waals surface area contributed by atoms with Gasteiger partial charge < -0.3 is 5.11 Å². The fourth-order valence-electron chi connectivity index (χ4n) is 3.87. The van der Waals surface area contributed by atoms with Gasteiger partial charge in [0.25, 0.3) is 0 Å². The Balaban J connectivity index is 2.01. The molecule has 0 heterocycles. The van der Waals surface area contributed by atoms with Crippen LogP contribution in [0, 0.1) is 0 Å². The van der Waals surface area contributed by atoms with Gasteiger partial charge in [0.15, 0.2) is 0 Å². The van der Waals surface area contributed by atoms with Crippen LogP contribution >= 0.6 is 31.9 Å². The van der Waals surface area contributed by atoms with Gasteiger partial charge in [-0.3, -0.25) is 0 Å². The Bertz CT molecular complexity index is 974. The SMILES string of the molecule is OC(c1ccc(Br)cc1)(c1ccc(Br)cc1)C(c1ccccc1)c1ccccc1. The van der Waals surface area contributed by atoms with E-state index in [1.165, 1.54) is 0 Å². The predicted octanol–water partition coefficient (Wildman–Crippen LogP) is 7.28. The average Bonchev–Trinajstić information content (AvgIpc) is 2.76. The third kappa shape index (κ3) is 4.09. The van der Waals surface area contributed by atoms with Crippen molar-refractivity contribution in [1.82, 2.24) is 0 Å². The number of aliphatic hydroxyl groups is 1. The molecule has 0 atom stereocenters. The van der Waals surface area contributed by atoms with Gasteiger partial charge in [-0.15, -0.1) is 0 Å². The summed E-state index contributed by atoms with van der Waals surface area (Å²) in [5.41, 5.74) is 2.57. The molecule has 4 rings (SSSR count). The highest BCUT2D eigenvalue weighted by molar-refractivity contribution is 9.10. The zero-order valence-electron chi connectivity index (χ0n) is 15.7. The van der Waals surface area contributed by atoms with Crippen LogP contribution in [-0.2, 0) is 5.60 Å². The Morgan fingerprint density at radius 1 is 0.517 bits per heavy atom. The minimum Gasteiger partial charge on any atom is -0.379 e. The van der Waals surface area contributed by atoms with E-state index in [9.17, 15) is 5.11 Å². The highest BCUT2D eigenvalue weighted by atomic mass is 79.9. The van der Waals surface area contributed by atoms with E-state index in [2.05, 4.69) is 56.1 Å². The molecule has 1 N–H and O–H groups in total. The molecule has 0 unspecified atom stereocenters. The molecule has 3 heteroatoms. The summed E-state index contributed by atoms with van der Waals surface area (Å²) in [5, 5.41) is 12.5. The number of halogens is 2. The topological polar surface area (TPSA) is 20.2 Å². The Morgan fingerprint density at radius 2 is 0.862 bits per heavy atom. The van der Waals surface area contributed by atoms with Crippen LogP contribution in [0.25, 0.3) is 0 Å². The second kappa shape index (κ2) is 8.66. The summed E-state index contributed by atoms with van der Waals surface area (Å²) in [6.07, 6.45) is 0. The van der Waals surface area contributed by atoms with Crippen LogP contribution < -0.4 is 0 Å². The minimum absolute atomic E-state index is 0.271. The van der Waals surface area contributed by atoms with E-state index >= 15 is 0 Å². The first kappa shape index (κ1) is 20.1. The van der Waals surface area contributed by atoms with Crippen molar-refractivity contribution in [2.24, 2.45) is 0 Å². The largest absolute Gasteiger partial charge is 0.379 e. The van der Waals surface area contributed by atoms with Gasteiger partial charge in [0.2, 0.25) is 0 Å². The standard InChI is InChI=1S/C26H20Br2O/c27-23-15-11-21(12-16-23)26(29,22-13-17-24(28)18-14-22)25(19-7-3-1-4-8-19)20-9-5-2-6-10-20/h1-18,25,29H. The normalized spacial score (nSPS) is 11.6. The van der Waals surface area contributed by atoms with Crippen molar-refractivity contribution < 1.29 is 5.11 Å². The zero-order chi connectivity index (χ0) is 20.3. The van der Waals surface area contributed by atoms with Gasteiger partial charge in [0, 0.05) is 14.9 Å². The Morgan fingerprint density at radius 3 is 1.21 bits per heavy atom. The molecule has 0 radical (unpaired) electrons. The molecule has 0 aliphatic carbocycles.